The Morgan fingerprint density at radius 1 is 1.47 bits per heavy atom. The molecule has 0 aromatic heterocycles. The Labute approximate surface area is 99.8 Å². The summed E-state index contributed by atoms with van der Waals surface area (Å²) in [6, 6.07) is 7.33. The summed E-state index contributed by atoms with van der Waals surface area (Å²) < 4.78 is 0. The molecule has 3 N–H and O–H groups in total. The van der Waals surface area contributed by atoms with Crippen LogP contribution in [0.15, 0.2) is 18.2 Å². The van der Waals surface area contributed by atoms with Crippen LogP contribution in [0.1, 0.15) is 12.0 Å². The van der Waals surface area contributed by atoms with Gasteiger partial charge in [0.1, 0.15) is 6.07 Å². The number of carbonyl (C=O) groups excluding carboxylic acids is 1. The van der Waals surface area contributed by atoms with Crippen molar-refractivity contribution in [1.82, 2.24) is 5.32 Å². The van der Waals surface area contributed by atoms with E-state index in [1.165, 1.54) is 0 Å². The normalized spacial score (nSPS) is 15.9. The minimum absolute atomic E-state index is 0.0119. The van der Waals surface area contributed by atoms with Crippen molar-refractivity contribution in [2.24, 2.45) is 0 Å². The molecule has 1 aliphatic heterocycles. The summed E-state index contributed by atoms with van der Waals surface area (Å²) in [4.78, 5) is 13.4. The number of amides is 1. The zero-order chi connectivity index (χ0) is 12.3. The maximum absolute atomic E-state index is 11.4. The Balaban J connectivity index is 2.27. The number of nitrogen functional groups attached to an aromatic ring is 1. The number of hydrogen-bond acceptors (Lipinski definition) is 4. The van der Waals surface area contributed by atoms with Crippen LogP contribution >= 0.6 is 0 Å². The van der Waals surface area contributed by atoms with E-state index < -0.39 is 0 Å². The van der Waals surface area contributed by atoms with E-state index in [0.717, 1.165) is 18.7 Å². The van der Waals surface area contributed by atoms with Gasteiger partial charge in [0.15, 0.2) is 0 Å². The summed E-state index contributed by atoms with van der Waals surface area (Å²) in [6.45, 7) is 1.83. The molecule has 1 amide bonds. The van der Waals surface area contributed by atoms with E-state index in [9.17, 15) is 4.79 Å². The lowest BCUT2D eigenvalue weighted by molar-refractivity contribution is -0.119. The molecule has 0 saturated carbocycles. The molecule has 1 aliphatic rings. The SMILES string of the molecule is N#Cc1cc(N2CCCNC(=O)C2)ccc1N. The van der Waals surface area contributed by atoms with Crippen molar-refractivity contribution in [3.63, 3.8) is 0 Å². The number of nitriles is 1. The molecule has 1 fully saturated rings. The van der Waals surface area contributed by atoms with Crippen LogP contribution in [0.2, 0.25) is 0 Å². The third-order valence-electron chi connectivity index (χ3n) is 2.78. The van der Waals surface area contributed by atoms with E-state index in [1.807, 2.05) is 17.0 Å². The fraction of sp³-hybridized carbons (Fsp3) is 0.333. The van der Waals surface area contributed by atoms with Crippen LogP contribution in [0.4, 0.5) is 11.4 Å². The standard InChI is InChI=1S/C12H14N4O/c13-7-9-6-10(2-3-11(9)14)16-5-1-4-15-12(17)8-16/h2-3,6H,1,4-5,8,14H2,(H,15,17). The molecule has 1 aromatic carbocycles. The van der Waals surface area contributed by atoms with Crippen molar-refractivity contribution in [3.8, 4) is 6.07 Å². The molecular formula is C12H14N4O. The predicted octanol–water partition coefficient (Wildman–Crippen LogP) is 0.467. The lowest BCUT2D eigenvalue weighted by Gasteiger charge is -2.21. The molecule has 0 unspecified atom stereocenters. The van der Waals surface area contributed by atoms with Crippen molar-refractivity contribution in [2.75, 3.05) is 30.3 Å². The molecule has 1 heterocycles. The zero-order valence-corrected chi connectivity index (χ0v) is 9.44. The smallest absolute Gasteiger partial charge is 0.239 e. The van der Waals surface area contributed by atoms with E-state index in [2.05, 4.69) is 5.32 Å². The number of nitrogens with zero attached hydrogens (tertiary/aromatic N) is 2. The van der Waals surface area contributed by atoms with E-state index >= 15 is 0 Å². The number of hydrogen-bond donors (Lipinski definition) is 2. The number of nitrogens with one attached hydrogen (secondary N) is 1. The first-order chi connectivity index (χ1) is 8.20. The van der Waals surface area contributed by atoms with Gasteiger partial charge in [0, 0.05) is 24.5 Å². The fourth-order valence-corrected chi connectivity index (χ4v) is 1.86. The summed E-state index contributed by atoms with van der Waals surface area (Å²) in [7, 11) is 0. The highest BCUT2D eigenvalue weighted by Gasteiger charge is 2.15. The Morgan fingerprint density at radius 2 is 2.29 bits per heavy atom. The van der Waals surface area contributed by atoms with Crippen molar-refractivity contribution in [2.45, 2.75) is 6.42 Å². The molecule has 88 valence electrons. The molecule has 5 nitrogen and oxygen atoms in total. The first kappa shape index (κ1) is 11.3. The Hall–Kier alpha value is -2.22. The molecule has 1 saturated heterocycles. The maximum Gasteiger partial charge on any atom is 0.239 e. The summed E-state index contributed by atoms with van der Waals surface area (Å²) in [5.41, 5.74) is 7.45. The van der Waals surface area contributed by atoms with E-state index in [4.69, 9.17) is 11.0 Å². The molecule has 17 heavy (non-hydrogen) atoms. The molecule has 0 spiro atoms. The lowest BCUT2D eigenvalue weighted by Crippen LogP contribution is -2.33. The van der Waals surface area contributed by atoms with Crippen LogP contribution in [0.3, 0.4) is 0 Å². The second-order valence-electron chi connectivity index (χ2n) is 4.01. The molecule has 0 bridgehead atoms. The highest BCUT2D eigenvalue weighted by atomic mass is 16.2. The topological polar surface area (TPSA) is 82.2 Å². The number of anilines is 2. The molecule has 0 atom stereocenters. The van der Waals surface area contributed by atoms with E-state index in [-0.39, 0.29) is 5.91 Å². The summed E-state index contributed by atoms with van der Waals surface area (Å²) in [6.07, 6.45) is 0.901. The van der Waals surface area contributed by atoms with Gasteiger partial charge in [-0.2, -0.15) is 5.26 Å². The van der Waals surface area contributed by atoms with Crippen molar-refractivity contribution >= 4 is 17.3 Å². The van der Waals surface area contributed by atoms with Gasteiger partial charge in [-0.3, -0.25) is 4.79 Å². The van der Waals surface area contributed by atoms with Crippen LogP contribution in [-0.2, 0) is 4.79 Å². The fourth-order valence-electron chi connectivity index (χ4n) is 1.86. The third kappa shape index (κ3) is 2.48. The monoisotopic (exact) mass is 230 g/mol. The van der Waals surface area contributed by atoms with Gasteiger partial charge in [-0.05, 0) is 24.6 Å². The highest BCUT2D eigenvalue weighted by molar-refractivity contribution is 5.82. The molecule has 0 radical (unpaired) electrons. The molecule has 2 rings (SSSR count). The van der Waals surface area contributed by atoms with Crippen LogP contribution < -0.4 is 16.0 Å². The average molecular weight is 230 g/mol. The number of nitrogens with two attached hydrogens (primary N) is 1. The zero-order valence-electron chi connectivity index (χ0n) is 9.44. The average Bonchev–Trinajstić information content (AvgIpc) is 2.54. The van der Waals surface area contributed by atoms with Crippen molar-refractivity contribution in [1.29, 1.82) is 5.26 Å². The minimum Gasteiger partial charge on any atom is -0.398 e. The van der Waals surface area contributed by atoms with Gasteiger partial charge in [0.25, 0.3) is 0 Å². The number of rotatable bonds is 1. The highest BCUT2D eigenvalue weighted by Crippen LogP contribution is 2.21. The van der Waals surface area contributed by atoms with Crippen LogP contribution in [0.5, 0.6) is 0 Å². The molecular weight excluding hydrogens is 216 g/mol. The molecule has 1 aromatic rings. The Bertz CT molecular complexity index is 478. The van der Waals surface area contributed by atoms with Crippen molar-refractivity contribution < 1.29 is 4.79 Å². The van der Waals surface area contributed by atoms with Crippen LogP contribution in [0, 0.1) is 11.3 Å². The van der Waals surface area contributed by atoms with Gasteiger partial charge < -0.3 is 16.0 Å². The molecule has 5 heteroatoms. The second kappa shape index (κ2) is 4.74. The van der Waals surface area contributed by atoms with Crippen molar-refractivity contribution in [3.05, 3.63) is 23.8 Å². The van der Waals surface area contributed by atoms with Gasteiger partial charge >= 0.3 is 0 Å². The van der Waals surface area contributed by atoms with Gasteiger partial charge in [-0.1, -0.05) is 0 Å². The predicted molar refractivity (Wildman–Crippen MR) is 65.4 cm³/mol. The second-order valence-corrected chi connectivity index (χ2v) is 4.01. The summed E-state index contributed by atoms with van der Waals surface area (Å²) >= 11 is 0. The van der Waals surface area contributed by atoms with Crippen LogP contribution in [0.25, 0.3) is 0 Å². The van der Waals surface area contributed by atoms with E-state index in [0.29, 0.717) is 24.3 Å². The van der Waals surface area contributed by atoms with Crippen LogP contribution in [-0.4, -0.2) is 25.5 Å². The first-order valence-electron chi connectivity index (χ1n) is 5.52. The summed E-state index contributed by atoms with van der Waals surface area (Å²) in [5, 5.41) is 11.7. The lowest BCUT2D eigenvalue weighted by atomic mass is 10.1. The summed E-state index contributed by atoms with van der Waals surface area (Å²) in [5.74, 6) is 0.0119. The van der Waals surface area contributed by atoms with Gasteiger partial charge in [0.2, 0.25) is 5.91 Å². The number of benzene rings is 1. The Kier molecular flexibility index (Phi) is 3.15. The third-order valence-corrected chi connectivity index (χ3v) is 2.78. The van der Waals surface area contributed by atoms with Gasteiger partial charge in [-0.15, -0.1) is 0 Å². The molecule has 0 aliphatic carbocycles. The maximum atomic E-state index is 11.4. The minimum atomic E-state index is 0.0119. The van der Waals surface area contributed by atoms with E-state index in [1.54, 1.807) is 12.1 Å². The first-order valence-corrected chi connectivity index (χ1v) is 5.52. The number of carbonyl (C=O) groups is 1. The quantitative estimate of drug-likeness (QED) is 0.687. The largest absolute Gasteiger partial charge is 0.398 e. The van der Waals surface area contributed by atoms with Gasteiger partial charge in [-0.25, -0.2) is 0 Å². The Morgan fingerprint density at radius 3 is 3.06 bits per heavy atom. The van der Waals surface area contributed by atoms with Gasteiger partial charge in [0.05, 0.1) is 12.1 Å².